The van der Waals surface area contributed by atoms with Gasteiger partial charge in [0.1, 0.15) is 22.8 Å². The topological polar surface area (TPSA) is 173 Å². The Hall–Kier alpha value is -5.95. The summed E-state index contributed by atoms with van der Waals surface area (Å²) in [6.45, 7) is 1.67. The van der Waals surface area contributed by atoms with Crippen molar-refractivity contribution in [3.8, 4) is 23.0 Å². The van der Waals surface area contributed by atoms with Crippen molar-refractivity contribution in [1.82, 2.24) is 5.32 Å². The molecule has 0 fully saturated rings. The van der Waals surface area contributed by atoms with Crippen LogP contribution in [0.4, 0.5) is 11.4 Å². The minimum absolute atomic E-state index is 0.0881. The van der Waals surface area contributed by atoms with Gasteiger partial charge in [0.25, 0.3) is 11.8 Å². The summed E-state index contributed by atoms with van der Waals surface area (Å²) < 4.78 is 16.3. The molecule has 0 radical (unpaired) electrons. The maximum Gasteiger partial charge on any atom is 0.339 e. The second kappa shape index (κ2) is 16.1. The molecule has 0 aromatic heterocycles. The number of nitrogens with one attached hydrogen (secondary N) is 3. The van der Waals surface area contributed by atoms with Crippen LogP contribution in [-0.2, 0) is 9.59 Å². The summed E-state index contributed by atoms with van der Waals surface area (Å²) in [6.07, 6.45) is 1.46. The number of carboxylic acid groups (broad SMARTS) is 1. The largest absolute Gasteiger partial charge is 0.507 e. The highest BCUT2D eigenvalue weighted by Gasteiger charge is 2.20. The quantitative estimate of drug-likeness (QED) is 0.0680. The smallest absolute Gasteiger partial charge is 0.339 e. The van der Waals surface area contributed by atoms with Gasteiger partial charge in [-0.25, -0.2) is 4.79 Å². The lowest BCUT2D eigenvalue weighted by Gasteiger charge is -2.15. The van der Waals surface area contributed by atoms with Gasteiger partial charge in [-0.3, -0.25) is 14.4 Å². The minimum atomic E-state index is -1.33. The fourth-order valence-corrected chi connectivity index (χ4v) is 5.32. The summed E-state index contributed by atoms with van der Waals surface area (Å²) in [4.78, 5) is 51.7. The molecule has 0 aliphatic rings. The van der Waals surface area contributed by atoms with Crippen molar-refractivity contribution in [2.24, 2.45) is 0 Å². The summed E-state index contributed by atoms with van der Waals surface area (Å²) in [5, 5.41) is 26.5. The molecule has 1 atom stereocenters. The van der Waals surface area contributed by atoms with Crippen LogP contribution in [0.3, 0.4) is 0 Å². The van der Waals surface area contributed by atoms with Crippen LogP contribution < -0.4 is 30.2 Å². The standard InChI is InChI=1S/C35H33N3O9S/c1-20(32(40)36-24-13-14-28(39)26(18-24)35(43)44)48-25-12-8-11-23(17-25)37-34(42)27(38-33(41)21-9-6-5-7-10-21)15-22-16-30(46-3)31(47-4)19-29(22)45-2/h5-20,39H,1-4H3,(H,36,40)(H,37,42)(H,38,41)(H,43,44)/b27-15+. The van der Waals surface area contributed by atoms with Gasteiger partial charge in [0.15, 0.2) is 11.5 Å². The Bertz CT molecular complexity index is 1860. The van der Waals surface area contributed by atoms with Crippen LogP contribution in [0.15, 0.2) is 95.5 Å². The lowest BCUT2D eigenvalue weighted by atomic mass is 10.1. The maximum atomic E-state index is 13.7. The fourth-order valence-electron chi connectivity index (χ4n) is 4.40. The Morgan fingerprint density at radius 2 is 1.44 bits per heavy atom. The molecule has 0 spiro atoms. The van der Waals surface area contributed by atoms with Gasteiger partial charge >= 0.3 is 5.97 Å². The number of aromatic carboxylic acids is 1. The van der Waals surface area contributed by atoms with E-state index in [4.69, 9.17) is 14.2 Å². The van der Waals surface area contributed by atoms with Gasteiger partial charge in [0, 0.05) is 33.5 Å². The van der Waals surface area contributed by atoms with E-state index in [1.165, 1.54) is 57.4 Å². The average Bonchev–Trinajstić information content (AvgIpc) is 3.08. The number of aromatic hydroxyl groups is 1. The van der Waals surface area contributed by atoms with Crippen molar-refractivity contribution in [3.63, 3.8) is 0 Å². The zero-order chi connectivity index (χ0) is 34.8. The predicted molar refractivity (Wildman–Crippen MR) is 182 cm³/mol. The molecule has 0 aliphatic heterocycles. The number of benzene rings is 4. The Kier molecular flexibility index (Phi) is 11.7. The molecule has 4 rings (SSSR count). The van der Waals surface area contributed by atoms with E-state index in [1.807, 2.05) is 0 Å². The number of thioether (sulfide) groups is 1. The molecule has 0 aliphatic carbocycles. The zero-order valence-corrected chi connectivity index (χ0v) is 27.2. The molecule has 0 saturated heterocycles. The van der Waals surface area contributed by atoms with Crippen LogP contribution in [-0.4, -0.2) is 60.5 Å². The molecule has 1 unspecified atom stereocenters. The number of ether oxygens (including phenoxy) is 3. The van der Waals surface area contributed by atoms with Gasteiger partial charge in [0.05, 0.1) is 26.6 Å². The molecule has 248 valence electrons. The van der Waals surface area contributed by atoms with E-state index in [0.717, 1.165) is 0 Å². The van der Waals surface area contributed by atoms with Crippen LogP contribution in [0.1, 0.15) is 33.2 Å². The molecule has 13 heteroatoms. The summed E-state index contributed by atoms with van der Waals surface area (Å²) in [5.74, 6) is -2.13. The number of methoxy groups -OCH3 is 3. The van der Waals surface area contributed by atoms with Crippen molar-refractivity contribution < 1.29 is 43.6 Å². The maximum absolute atomic E-state index is 13.7. The third-order valence-corrected chi connectivity index (χ3v) is 7.93. The number of phenols is 1. The zero-order valence-electron chi connectivity index (χ0n) is 26.4. The van der Waals surface area contributed by atoms with Crippen molar-refractivity contribution in [3.05, 3.63) is 107 Å². The van der Waals surface area contributed by atoms with Gasteiger partial charge < -0.3 is 40.4 Å². The summed E-state index contributed by atoms with van der Waals surface area (Å²) in [6, 6.07) is 22.2. The van der Waals surface area contributed by atoms with Crippen LogP contribution in [0.2, 0.25) is 0 Å². The minimum Gasteiger partial charge on any atom is -0.507 e. The molecule has 12 nitrogen and oxygen atoms in total. The number of carboxylic acids is 1. The number of anilines is 2. The van der Waals surface area contributed by atoms with Gasteiger partial charge in [0.2, 0.25) is 5.91 Å². The second-order valence-electron chi connectivity index (χ2n) is 10.1. The molecule has 4 aromatic rings. The monoisotopic (exact) mass is 671 g/mol. The highest BCUT2D eigenvalue weighted by molar-refractivity contribution is 8.00. The molecule has 0 bridgehead atoms. The highest BCUT2D eigenvalue weighted by atomic mass is 32.2. The van der Waals surface area contributed by atoms with E-state index in [9.17, 15) is 29.4 Å². The molecule has 5 N–H and O–H groups in total. The molecule has 4 aromatic carbocycles. The Balaban J connectivity index is 1.56. The first-order valence-electron chi connectivity index (χ1n) is 14.4. The lowest BCUT2D eigenvalue weighted by molar-refractivity contribution is -0.115. The molecule has 48 heavy (non-hydrogen) atoms. The Morgan fingerprint density at radius 3 is 2.10 bits per heavy atom. The SMILES string of the molecule is COc1cc(OC)c(OC)cc1/C=C(/NC(=O)c1ccccc1)C(=O)Nc1cccc(SC(C)C(=O)Nc2ccc(O)c(C(=O)O)c2)c1. The number of rotatable bonds is 13. The molecule has 0 heterocycles. The molecule has 3 amide bonds. The number of carbonyl (C=O) groups excluding carboxylic acids is 3. The van der Waals surface area contributed by atoms with Gasteiger partial charge in [-0.2, -0.15) is 0 Å². The van der Waals surface area contributed by atoms with Gasteiger partial charge in [-0.15, -0.1) is 11.8 Å². The summed E-state index contributed by atoms with van der Waals surface area (Å²) in [7, 11) is 4.42. The molecular formula is C35H33N3O9S. The molecule has 0 saturated carbocycles. The fraction of sp³-hybridized carbons (Fsp3) is 0.143. The van der Waals surface area contributed by atoms with Crippen LogP contribution in [0, 0.1) is 0 Å². The number of hydrogen-bond acceptors (Lipinski definition) is 9. The second-order valence-corrected chi connectivity index (χ2v) is 11.5. The Morgan fingerprint density at radius 1 is 0.771 bits per heavy atom. The number of hydrogen-bond donors (Lipinski definition) is 5. The normalized spacial score (nSPS) is 11.5. The first-order chi connectivity index (χ1) is 23.0. The third-order valence-electron chi connectivity index (χ3n) is 6.83. The lowest BCUT2D eigenvalue weighted by Crippen LogP contribution is -2.30. The van der Waals surface area contributed by atoms with Crippen molar-refractivity contribution in [2.45, 2.75) is 17.1 Å². The van der Waals surface area contributed by atoms with Gasteiger partial charge in [-0.05, 0) is 67.6 Å². The van der Waals surface area contributed by atoms with Crippen LogP contribution in [0.25, 0.3) is 6.08 Å². The average molecular weight is 672 g/mol. The molecular weight excluding hydrogens is 638 g/mol. The van der Waals surface area contributed by atoms with E-state index in [0.29, 0.717) is 39.0 Å². The first-order valence-corrected chi connectivity index (χ1v) is 15.2. The van der Waals surface area contributed by atoms with Crippen molar-refractivity contribution >= 4 is 52.9 Å². The Labute approximate surface area is 280 Å². The predicted octanol–water partition coefficient (Wildman–Crippen LogP) is 5.65. The van der Waals surface area contributed by atoms with E-state index in [1.54, 1.807) is 73.7 Å². The van der Waals surface area contributed by atoms with E-state index >= 15 is 0 Å². The van der Waals surface area contributed by atoms with Gasteiger partial charge in [-0.1, -0.05) is 24.3 Å². The van der Waals surface area contributed by atoms with E-state index in [2.05, 4.69) is 16.0 Å². The summed E-state index contributed by atoms with van der Waals surface area (Å²) >= 11 is 1.20. The first kappa shape index (κ1) is 34.9. The number of amides is 3. The number of carbonyl (C=O) groups is 4. The van der Waals surface area contributed by atoms with E-state index < -0.39 is 34.7 Å². The van der Waals surface area contributed by atoms with Crippen molar-refractivity contribution in [1.29, 1.82) is 0 Å². The van der Waals surface area contributed by atoms with Crippen LogP contribution >= 0.6 is 11.8 Å². The van der Waals surface area contributed by atoms with E-state index in [-0.39, 0.29) is 16.9 Å². The summed E-state index contributed by atoms with van der Waals surface area (Å²) in [5.41, 5.74) is 0.951. The third kappa shape index (κ3) is 8.85. The van der Waals surface area contributed by atoms with Crippen LogP contribution in [0.5, 0.6) is 23.0 Å². The highest BCUT2D eigenvalue weighted by Crippen LogP contribution is 2.36. The van der Waals surface area contributed by atoms with Crippen molar-refractivity contribution in [2.75, 3.05) is 32.0 Å².